The predicted octanol–water partition coefficient (Wildman–Crippen LogP) is 1.99. The number of hydrogen-bond donors (Lipinski definition) is 1. The van der Waals surface area contributed by atoms with Gasteiger partial charge in [0, 0.05) is 25.4 Å². The molecule has 0 aliphatic carbocycles. The lowest BCUT2D eigenvalue weighted by Gasteiger charge is -2.22. The molecule has 0 aromatic carbocycles. The lowest BCUT2D eigenvalue weighted by molar-refractivity contribution is -0.141. The number of amides is 1. The van der Waals surface area contributed by atoms with E-state index in [1.807, 2.05) is 0 Å². The van der Waals surface area contributed by atoms with Crippen molar-refractivity contribution in [3.63, 3.8) is 0 Å². The van der Waals surface area contributed by atoms with Gasteiger partial charge < -0.3 is 9.64 Å². The Morgan fingerprint density at radius 3 is 2.85 bits per heavy atom. The number of alkyl halides is 3. The fourth-order valence-corrected chi connectivity index (χ4v) is 2.23. The monoisotopic (exact) mass is 291 g/mol. The number of carbonyl (C=O) groups excluding carboxylic acids is 1. The van der Waals surface area contributed by atoms with E-state index in [2.05, 4.69) is 10.2 Å². The molecular formula is C12H16F3N3O2. The maximum Gasteiger partial charge on any atom is 0.435 e. The fourth-order valence-electron chi connectivity index (χ4n) is 2.23. The third kappa shape index (κ3) is 2.95. The first-order chi connectivity index (χ1) is 9.30. The van der Waals surface area contributed by atoms with Gasteiger partial charge in [0.25, 0.3) is 5.91 Å². The Balaban J connectivity index is 2.31. The van der Waals surface area contributed by atoms with Crippen molar-refractivity contribution < 1.29 is 22.7 Å². The summed E-state index contributed by atoms with van der Waals surface area (Å²) in [5.41, 5.74) is -1.43. The van der Waals surface area contributed by atoms with Gasteiger partial charge in [-0.15, -0.1) is 0 Å². The van der Waals surface area contributed by atoms with E-state index in [4.69, 9.17) is 4.74 Å². The van der Waals surface area contributed by atoms with E-state index in [9.17, 15) is 18.0 Å². The minimum atomic E-state index is -4.65. The second-order valence-corrected chi connectivity index (χ2v) is 4.86. The lowest BCUT2D eigenvalue weighted by Crippen LogP contribution is -2.37. The number of H-pyrrole nitrogens is 1. The molecule has 1 amide bonds. The number of halogens is 3. The number of hydrogen-bond acceptors (Lipinski definition) is 3. The van der Waals surface area contributed by atoms with Crippen molar-refractivity contribution in [2.75, 3.05) is 19.7 Å². The van der Waals surface area contributed by atoms with Crippen molar-refractivity contribution in [2.24, 2.45) is 0 Å². The molecule has 8 heteroatoms. The van der Waals surface area contributed by atoms with Crippen LogP contribution in [0.3, 0.4) is 0 Å². The first kappa shape index (κ1) is 14.8. The highest BCUT2D eigenvalue weighted by atomic mass is 19.4. The zero-order valence-electron chi connectivity index (χ0n) is 11.3. The number of aromatic nitrogens is 2. The SMILES string of the molecule is Cc1[nH]nc(C(F)(F)F)c1C(=O)N1CCCOC(C)C1. The zero-order valence-corrected chi connectivity index (χ0v) is 11.3. The molecule has 5 nitrogen and oxygen atoms in total. The van der Waals surface area contributed by atoms with Crippen LogP contribution in [0.1, 0.15) is 35.1 Å². The van der Waals surface area contributed by atoms with Gasteiger partial charge in [-0.05, 0) is 20.3 Å². The zero-order chi connectivity index (χ0) is 14.9. The first-order valence-corrected chi connectivity index (χ1v) is 6.33. The van der Waals surface area contributed by atoms with Crippen LogP contribution in [-0.4, -0.2) is 46.8 Å². The van der Waals surface area contributed by atoms with Crippen LogP contribution in [0.5, 0.6) is 0 Å². The van der Waals surface area contributed by atoms with Crippen molar-refractivity contribution in [3.05, 3.63) is 17.0 Å². The molecule has 1 aliphatic rings. The number of nitrogens with zero attached hydrogens (tertiary/aromatic N) is 2. The van der Waals surface area contributed by atoms with Crippen LogP contribution in [0, 0.1) is 6.92 Å². The van der Waals surface area contributed by atoms with E-state index in [-0.39, 0.29) is 18.3 Å². The fraction of sp³-hybridized carbons (Fsp3) is 0.667. The smallest absolute Gasteiger partial charge is 0.377 e. The number of ether oxygens (including phenoxy) is 1. The van der Waals surface area contributed by atoms with Gasteiger partial charge in [0.2, 0.25) is 0 Å². The van der Waals surface area contributed by atoms with E-state index in [0.717, 1.165) is 0 Å². The molecule has 2 heterocycles. The van der Waals surface area contributed by atoms with E-state index in [1.165, 1.54) is 11.8 Å². The average molecular weight is 291 g/mol. The van der Waals surface area contributed by atoms with Gasteiger partial charge in [0.1, 0.15) is 0 Å². The predicted molar refractivity (Wildman–Crippen MR) is 64.3 cm³/mol. The van der Waals surface area contributed by atoms with Gasteiger partial charge in [-0.1, -0.05) is 0 Å². The Hall–Kier alpha value is -1.57. The van der Waals surface area contributed by atoms with Gasteiger partial charge in [-0.2, -0.15) is 18.3 Å². The van der Waals surface area contributed by atoms with Gasteiger partial charge in [-0.3, -0.25) is 9.89 Å². The molecular weight excluding hydrogens is 275 g/mol. The molecule has 0 radical (unpaired) electrons. The van der Waals surface area contributed by atoms with Gasteiger partial charge in [0.05, 0.1) is 11.7 Å². The van der Waals surface area contributed by atoms with Crippen molar-refractivity contribution in [2.45, 2.75) is 32.5 Å². The Labute approximate surface area is 114 Å². The van der Waals surface area contributed by atoms with E-state index in [1.54, 1.807) is 6.92 Å². The number of rotatable bonds is 1. The molecule has 2 rings (SSSR count). The van der Waals surface area contributed by atoms with E-state index >= 15 is 0 Å². The van der Waals surface area contributed by atoms with Crippen molar-refractivity contribution in [3.8, 4) is 0 Å². The highest BCUT2D eigenvalue weighted by Crippen LogP contribution is 2.32. The molecule has 1 aliphatic heterocycles. The summed E-state index contributed by atoms with van der Waals surface area (Å²) in [7, 11) is 0. The van der Waals surface area contributed by atoms with Crippen LogP contribution >= 0.6 is 0 Å². The Kier molecular flexibility index (Phi) is 4.03. The summed E-state index contributed by atoms with van der Waals surface area (Å²) in [4.78, 5) is 13.8. The van der Waals surface area contributed by atoms with Crippen molar-refractivity contribution >= 4 is 5.91 Å². The normalized spacial score (nSPS) is 20.9. The van der Waals surface area contributed by atoms with Crippen LogP contribution < -0.4 is 0 Å². The molecule has 112 valence electrons. The minimum Gasteiger partial charge on any atom is -0.377 e. The van der Waals surface area contributed by atoms with Crippen molar-refractivity contribution in [1.29, 1.82) is 0 Å². The highest BCUT2D eigenvalue weighted by molar-refractivity contribution is 5.96. The quantitative estimate of drug-likeness (QED) is 0.861. The maximum absolute atomic E-state index is 12.9. The molecule has 0 spiro atoms. The molecule has 20 heavy (non-hydrogen) atoms. The van der Waals surface area contributed by atoms with Crippen molar-refractivity contribution in [1.82, 2.24) is 15.1 Å². The van der Waals surface area contributed by atoms with Gasteiger partial charge >= 0.3 is 6.18 Å². The summed E-state index contributed by atoms with van der Waals surface area (Å²) in [5, 5.41) is 5.46. The second-order valence-electron chi connectivity index (χ2n) is 4.86. The molecule has 1 fully saturated rings. The summed E-state index contributed by atoms with van der Waals surface area (Å²) < 4.78 is 44.0. The molecule has 1 aromatic rings. The summed E-state index contributed by atoms with van der Waals surface area (Å²) in [6.45, 7) is 4.36. The Bertz CT molecular complexity index is 499. The minimum absolute atomic E-state index is 0.125. The third-order valence-electron chi connectivity index (χ3n) is 3.17. The lowest BCUT2D eigenvalue weighted by atomic mass is 10.1. The van der Waals surface area contributed by atoms with Crippen LogP contribution in [-0.2, 0) is 10.9 Å². The van der Waals surface area contributed by atoms with E-state index < -0.39 is 23.3 Å². The second kappa shape index (κ2) is 5.43. The molecule has 1 atom stereocenters. The Morgan fingerprint density at radius 1 is 1.50 bits per heavy atom. The molecule has 1 unspecified atom stereocenters. The Morgan fingerprint density at radius 2 is 2.20 bits per heavy atom. The van der Waals surface area contributed by atoms with Gasteiger partial charge in [-0.25, -0.2) is 0 Å². The molecule has 0 saturated carbocycles. The van der Waals surface area contributed by atoms with E-state index in [0.29, 0.717) is 19.6 Å². The largest absolute Gasteiger partial charge is 0.435 e. The van der Waals surface area contributed by atoms with Gasteiger partial charge in [0.15, 0.2) is 5.69 Å². The molecule has 1 aromatic heterocycles. The molecule has 1 saturated heterocycles. The number of aryl methyl sites for hydroxylation is 1. The maximum atomic E-state index is 12.9. The summed E-state index contributed by atoms with van der Waals surface area (Å²) in [6.07, 6.45) is -4.24. The number of aromatic amines is 1. The average Bonchev–Trinajstić information content (AvgIpc) is 2.60. The summed E-state index contributed by atoms with van der Waals surface area (Å²) in [6, 6.07) is 0. The number of nitrogens with one attached hydrogen (secondary N) is 1. The third-order valence-corrected chi connectivity index (χ3v) is 3.17. The molecule has 1 N–H and O–H groups in total. The highest BCUT2D eigenvalue weighted by Gasteiger charge is 2.40. The van der Waals surface area contributed by atoms with Crippen LogP contribution in [0.25, 0.3) is 0 Å². The topological polar surface area (TPSA) is 58.2 Å². The summed E-state index contributed by atoms with van der Waals surface area (Å²) in [5.74, 6) is -0.652. The van der Waals surface area contributed by atoms with Crippen LogP contribution in [0.2, 0.25) is 0 Å². The van der Waals surface area contributed by atoms with Crippen LogP contribution in [0.4, 0.5) is 13.2 Å². The molecule has 0 bridgehead atoms. The number of carbonyl (C=O) groups is 1. The summed E-state index contributed by atoms with van der Waals surface area (Å²) >= 11 is 0. The first-order valence-electron chi connectivity index (χ1n) is 6.33. The standard InChI is InChI=1S/C12H16F3N3O2/c1-7-6-18(4-3-5-20-7)11(19)9-8(2)16-17-10(9)12(13,14)15/h7H,3-6H2,1-2H3,(H,16,17). The van der Waals surface area contributed by atoms with Crippen LogP contribution in [0.15, 0.2) is 0 Å².